The van der Waals surface area contributed by atoms with Crippen molar-refractivity contribution in [1.29, 1.82) is 0 Å². The minimum absolute atomic E-state index is 0. The molecule has 1 aliphatic carbocycles. The summed E-state index contributed by atoms with van der Waals surface area (Å²) in [5, 5.41) is 14.3. The number of nitrogens with zero attached hydrogens (tertiary/aromatic N) is 2. The molecular weight excluding hydrogens is 467 g/mol. The first-order chi connectivity index (χ1) is 15.6. The Morgan fingerprint density at radius 3 is 2.21 bits per heavy atom. The summed E-state index contributed by atoms with van der Waals surface area (Å²) in [5.74, 6) is 1.08. The van der Waals surface area contributed by atoms with Crippen LogP contribution in [0.5, 0.6) is 5.75 Å². The summed E-state index contributed by atoms with van der Waals surface area (Å²) in [4.78, 5) is 5.36. The Morgan fingerprint density at radius 2 is 1.53 bits per heavy atom. The van der Waals surface area contributed by atoms with Crippen molar-refractivity contribution in [3.05, 3.63) is 42.0 Å². The molecule has 2 aromatic rings. The molecule has 3 aliphatic rings. The Balaban J connectivity index is 0.00000162. The third-order valence-corrected chi connectivity index (χ3v) is 8.50. The number of aliphatic hydroxyl groups is 1. The van der Waals surface area contributed by atoms with Gasteiger partial charge in [-0.2, -0.15) is 0 Å². The van der Waals surface area contributed by atoms with Gasteiger partial charge in [0, 0.05) is 18.5 Å². The Labute approximate surface area is 217 Å². The topological polar surface area (TPSA) is 35.9 Å². The van der Waals surface area contributed by atoms with Crippen molar-refractivity contribution in [1.82, 2.24) is 9.80 Å². The average Bonchev–Trinajstić information content (AvgIpc) is 3.38. The maximum absolute atomic E-state index is 11.8. The van der Waals surface area contributed by atoms with Gasteiger partial charge >= 0.3 is 0 Å². The van der Waals surface area contributed by atoms with Crippen LogP contribution >= 0.6 is 24.8 Å². The number of rotatable bonds is 6. The fraction of sp³-hybridized carbons (Fsp3) is 0.643. The van der Waals surface area contributed by atoms with Gasteiger partial charge in [0.15, 0.2) is 0 Å². The third kappa shape index (κ3) is 6.02. The normalized spacial score (nSPS) is 22.6. The zero-order valence-electron chi connectivity index (χ0n) is 20.6. The Kier molecular flexibility index (Phi) is 9.94. The highest BCUT2D eigenvalue weighted by Crippen LogP contribution is 2.41. The van der Waals surface area contributed by atoms with E-state index in [1.807, 2.05) is 6.07 Å². The molecular formula is C28H42Cl2N2O2. The van der Waals surface area contributed by atoms with E-state index in [4.69, 9.17) is 4.74 Å². The number of hydrogen-bond donors (Lipinski definition) is 1. The Hall–Kier alpha value is -1.04. The first-order valence-corrected chi connectivity index (χ1v) is 12.9. The molecule has 1 unspecified atom stereocenters. The molecule has 2 aliphatic heterocycles. The predicted molar refractivity (Wildman–Crippen MR) is 146 cm³/mol. The van der Waals surface area contributed by atoms with Crippen molar-refractivity contribution >= 4 is 35.6 Å². The van der Waals surface area contributed by atoms with Crippen LogP contribution in [0, 0.1) is 0 Å². The molecule has 0 aromatic heterocycles. The summed E-state index contributed by atoms with van der Waals surface area (Å²) in [5.41, 5.74) is 0.721. The van der Waals surface area contributed by atoms with E-state index in [1.54, 1.807) is 7.11 Å². The molecule has 6 heteroatoms. The molecule has 5 rings (SSSR count). The fourth-order valence-corrected chi connectivity index (χ4v) is 6.52. The molecule has 34 heavy (non-hydrogen) atoms. The number of halogens is 2. The van der Waals surface area contributed by atoms with E-state index in [-0.39, 0.29) is 30.7 Å². The van der Waals surface area contributed by atoms with Crippen LogP contribution in [0.2, 0.25) is 0 Å². The minimum atomic E-state index is -0.579. The van der Waals surface area contributed by atoms with Gasteiger partial charge in [0.2, 0.25) is 0 Å². The molecule has 1 saturated carbocycles. The molecule has 3 fully saturated rings. The number of benzene rings is 2. The maximum atomic E-state index is 11.8. The summed E-state index contributed by atoms with van der Waals surface area (Å²) in [6, 6.07) is 13.9. The standard InChI is InChI=1S/C28H40N2O2.2ClH/c1-32-26-10-9-22-19-24(8-7-23(22)20-26)27(28(31)13-3-2-4-14-28)21-29-17-11-25(12-18-29)30-15-5-6-16-30;;/h7-10,19-20,25,27,31H,2-6,11-18,21H2,1H3;2*1H. The van der Waals surface area contributed by atoms with E-state index in [2.05, 4.69) is 40.1 Å². The van der Waals surface area contributed by atoms with E-state index in [9.17, 15) is 5.11 Å². The highest BCUT2D eigenvalue weighted by Gasteiger charge is 2.40. The number of hydrogen-bond acceptors (Lipinski definition) is 4. The largest absolute Gasteiger partial charge is 0.497 e. The molecule has 2 aromatic carbocycles. The first-order valence-electron chi connectivity index (χ1n) is 12.9. The van der Waals surface area contributed by atoms with Gasteiger partial charge in [-0.25, -0.2) is 0 Å². The fourth-order valence-electron chi connectivity index (χ4n) is 6.52. The zero-order chi connectivity index (χ0) is 22.0. The summed E-state index contributed by atoms with van der Waals surface area (Å²) in [7, 11) is 1.72. The van der Waals surface area contributed by atoms with E-state index in [0.717, 1.165) is 44.0 Å². The maximum Gasteiger partial charge on any atom is 0.119 e. The van der Waals surface area contributed by atoms with Crippen LogP contribution in [0.1, 0.15) is 69.3 Å². The second-order valence-corrected chi connectivity index (χ2v) is 10.5. The minimum Gasteiger partial charge on any atom is -0.497 e. The van der Waals surface area contributed by atoms with Crippen molar-refractivity contribution in [3.8, 4) is 5.75 Å². The smallest absolute Gasteiger partial charge is 0.119 e. The monoisotopic (exact) mass is 508 g/mol. The quantitative estimate of drug-likeness (QED) is 0.516. The number of methoxy groups -OCH3 is 1. The molecule has 190 valence electrons. The van der Waals surface area contributed by atoms with Gasteiger partial charge in [-0.05, 0) is 93.2 Å². The lowest BCUT2D eigenvalue weighted by Crippen LogP contribution is -2.48. The van der Waals surface area contributed by atoms with Crippen LogP contribution in [0.3, 0.4) is 0 Å². The van der Waals surface area contributed by atoms with Gasteiger partial charge in [0.1, 0.15) is 5.75 Å². The van der Waals surface area contributed by atoms with Crippen LogP contribution in [0.4, 0.5) is 0 Å². The highest BCUT2D eigenvalue weighted by atomic mass is 35.5. The SMILES string of the molecule is COc1ccc2cc(C(CN3CCC(N4CCCC4)CC3)C3(O)CCCCC3)ccc2c1.Cl.Cl. The van der Waals surface area contributed by atoms with Crippen molar-refractivity contribution in [2.24, 2.45) is 0 Å². The number of piperidine rings is 1. The van der Waals surface area contributed by atoms with Crippen LogP contribution < -0.4 is 4.74 Å². The van der Waals surface area contributed by atoms with Crippen LogP contribution in [0.15, 0.2) is 36.4 Å². The summed E-state index contributed by atoms with van der Waals surface area (Å²) < 4.78 is 5.41. The molecule has 0 bridgehead atoms. The second kappa shape index (κ2) is 12.3. The molecule has 0 amide bonds. The predicted octanol–water partition coefficient (Wildman–Crippen LogP) is 6.03. The van der Waals surface area contributed by atoms with E-state index in [0.29, 0.717) is 0 Å². The lowest BCUT2D eigenvalue weighted by molar-refractivity contribution is -0.0338. The van der Waals surface area contributed by atoms with Gasteiger partial charge < -0.3 is 19.6 Å². The van der Waals surface area contributed by atoms with E-state index >= 15 is 0 Å². The van der Waals surface area contributed by atoms with Gasteiger partial charge in [-0.3, -0.25) is 0 Å². The van der Waals surface area contributed by atoms with Crippen molar-refractivity contribution in [2.45, 2.75) is 75.3 Å². The number of likely N-dealkylation sites (tertiary alicyclic amines) is 2. The van der Waals surface area contributed by atoms with Gasteiger partial charge in [0.25, 0.3) is 0 Å². The summed E-state index contributed by atoms with van der Waals surface area (Å²) >= 11 is 0. The first kappa shape index (κ1) is 27.5. The van der Waals surface area contributed by atoms with Crippen LogP contribution in [-0.4, -0.2) is 66.4 Å². The lowest BCUT2D eigenvalue weighted by atomic mass is 9.72. The van der Waals surface area contributed by atoms with E-state index < -0.39 is 5.60 Å². The average molecular weight is 510 g/mol. The van der Waals surface area contributed by atoms with E-state index in [1.165, 1.54) is 74.6 Å². The molecule has 4 nitrogen and oxygen atoms in total. The van der Waals surface area contributed by atoms with Crippen molar-refractivity contribution in [3.63, 3.8) is 0 Å². The molecule has 2 heterocycles. The van der Waals surface area contributed by atoms with Crippen LogP contribution in [-0.2, 0) is 0 Å². The van der Waals surface area contributed by atoms with Crippen LogP contribution in [0.25, 0.3) is 10.8 Å². The molecule has 1 atom stereocenters. The molecule has 2 saturated heterocycles. The van der Waals surface area contributed by atoms with Gasteiger partial charge in [0.05, 0.1) is 12.7 Å². The van der Waals surface area contributed by atoms with Crippen molar-refractivity contribution in [2.75, 3.05) is 39.8 Å². The van der Waals surface area contributed by atoms with Crippen molar-refractivity contribution < 1.29 is 9.84 Å². The molecule has 0 radical (unpaired) electrons. The summed E-state index contributed by atoms with van der Waals surface area (Å²) in [6.45, 7) is 5.91. The highest BCUT2D eigenvalue weighted by molar-refractivity contribution is 5.86. The van der Waals surface area contributed by atoms with Gasteiger partial charge in [-0.1, -0.05) is 43.5 Å². The third-order valence-electron chi connectivity index (χ3n) is 8.50. The Morgan fingerprint density at radius 1 is 0.882 bits per heavy atom. The van der Waals surface area contributed by atoms with Gasteiger partial charge in [-0.15, -0.1) is 24.8 Å². The Bertz CT molecular complexity index is 904. The molecule has 1 N–H and O–H groups in total. The zero-order valence-corrected chi connectivity index (χ0v) is 22.2. The molecule has 0 spiro atoms. The number of fused-ring (bicyclic) bond motifs is 1. The lowest BCUT2D eigenvalue weighted by Gasteiger charge is -2.44. The number of ether oxygens (including phenoxy) is 1. The summed E-state index contributed by atoms with van der Waals surface area (Å²) in [6.07, 6.45) is 10.7. The second-order valence-electron chi connectivity index (χ2n) is 10.5.